The molecule has 0 heterocycles. The van der Waals surface area contributed by atoms with Gasteiger partial charge in [-0.1, -0.05) is 12.8 Å². The van der Waals surface area contributed by atoms with Crippen molar-refractivity contribution in [2.24, 2.45) is 5.92 Å². The fraction of sp³-hybridized carbons (Fsp3) is 0.867. The third kappa shape index (κ3) is 4.88. The summed E-state index contributed by atoms with van der Waals surface area (Å²) in [5.41, 5.74) is -0.539. The lowest BCUT2D eigenvalue weighted by molar-refractivity contribution is -0.176. The fourth-order valence-electron chi connectivity index (χ4n) is 2.66. The minimum Gasteiger partial charge on any atom is -0.444 e. The Morgan fingerprint density at radius 1 is 1.10 bits per heavy atom. The van der Waals surface area contributed by atoms with Crippen molar-refractivity contribution >= 4 is 12.0 Å². The zero-order valence-corrected chi connectivity index (χ0v) is 14.0. The summed E-state index contributed by atoms with van der Waals surface area (Å²) in [5.74, 6) is -0.321. The van der Waals surface area contributed by atoms with Crippen LogP contribution >= 0.6 is 0 Å². The molecule has 0 aromatic rings. The maximum Gasteiger partial charge on any atom is 0.410 e. The van der Waals surface area contributed by atoms with Gasteiger partial charge in [-0.3, -0.25) is 9.63 Å². The molecule has 0 bridgehead atoms. The molecule has 1 aliphatic carbocycles. The summed E-state index contributed by atoms with van der Waals surface area (Å²) in [6, 6.07) is -0.140. The molecule has 122 valence electrons. The summed E-state index contributed by atoms with van der Waals surface area (Å²) in [6.07, 6.45) is 3.20. The Hall–Kier alpha value is -1.30. The molecule has 0 unspecified atom stereocenters. The molecule has 21 heavy (non-hydrogen) atoms. The van der Waals surface area contributed by atoms with E-state index in [4.69, 9.17) is 9.57 Å². The highest BCUT2D eigenvalue weighted by molar-refractivity contribution is 5.79. The van der Waals surface area contributed by atoms with Crippen LogP contribution in [0.2, 0.25) is 0 Å². The summed E-state index contributed by atoms with van der Waals surface area (Å²) in [4.78, 5) is 31.1. The zero-order chi connectivity index (χ0) is 16.2. The predicted octanol–water partition coefficient (Wildman–Crippen LogP) is 2.43. The molecule has 6 heteroatoms. The van der Waals surface area contributed by atoms with Crippen molar-refractivity contribution in [2.45, 2.75) is 58.1 Å². The van der Waals surface area contributed by atoms with Gasteiger partial charge in [0.2, 0.25) is 0 Å². The number of amides is 2. The van der Waals surface area contributed by atoms with Gasteiger partial charge in [0.05, 0.1) is 13.0 Å². The number of ether oxygens (including phenoxy) is 1. The smallest absolute Gasteiger partial charge is 0.410 e. The Morgan fingerprint density at radius 3 is 2.19 bits per heavy atom. The van der Waals surface area contributed by atoms with Crippen LogP contribution in [0.15, 0.2) is 0 Å². The topological polar surface area (TPSA) is 59.1 Å². The third-order valence-corrected chi connectivity index (χ3v) is 3.81. The lowest BCUT2D eigenvalue weighted by atomic mass is 9.83. The van der Waals surface area contributed by atoms with Gasteiger partial charge in [-0.05, 0) is 33.6 Å². The molecular weight excluding hydrogens is 272 g/mol. The zero-order valence-electron chi connectivity index (χ0n) is 14.0. The first kappa shape index (κ1) is 17.8. The molecule has 0 N–H and O–H groups in total. The van der Waals surface area contributed by atoms with Crippen molar-refractivity contribution in [1.82, 2.24) is 9.96 Å². The Morgan fingerprint density at radius 2 is 1.67 bits per heavy atom. The van der Waals surface area contributed by atoms with E-state index in [0.717, 1.165) is 25.7 Å². The normalized spacial score (nSPS) is 22.6. The van der Waals surface area contributed by atoms with E-state index in [1.165, 1.54) is 12.2 Å². The van der Waals surface area contributed by atoms with E-state index >= 15 is 0 Å². The maximum absolute atomic E-state index is 12.4. The van der Waals surface area contributed by atoms with Gasteiger partial charge in [0.1, 0.15) is 5.60 Å². The van der Waals surface area contributed by atoms with E-state index in [1.807, 2.05) is 20.8 Å². The summed E-state index contributed by atoms with van der Waals surface area (Å²) in [6.45, 7) is 5.50. The van der Waals surface area contributed by atoms with Crippen LogP contribution in [0.1, 0.15) is 46.5 Å². The van der Waals surface area contributed by atoms with Gasteiger partial charge in [-0.25, -0.2) is 9.86 Å². The standard InChI is InChI=1S/C15H28N2O4/c1-15(2,3)21-14(19)16(4)12-10-8-7-9-11(12)13(18)17(5)20-6/h11-12H,7-10H2,1-6H3/t11-,12+/m0/s1. The van der Waals surface area contributed by atoms with Crippen LogP contribution in [0.5, 0.6) is 0 Å². The van der Waals surface area contributed by atoms with Crippen molar-refractivity contribution < 1.29 is 19.2 Å². The maximum atomic E-state index is 12.4. The monoisotopic (exact) mass is 300 g/mol. The summed E-state index contributed by atoms with van der Waals surface area (Å²) >= 11 is 0. The Labute approximate surface area is 127 Å². The number of hydrogen-bond acceptors (Lipinski definition) is 4. The second-order valence-corrected chi connectivity index (χ2v) is 6.57. The van der Waals surface area contributed by atoms with Crippen molar-refractivity contribution in [1.29, 1.82) is 0 Å². The number of hydrogen-bond donors (Lipinski definition) is 0. The van der Waals surface area contributed by atoms with Crippen molar-refractivity contribution in [3.63, 3.8) is 0 Å². The number of carbonyl (C=O) groups excluding carboxylic acids is 2. The molecule has 1 saturated carbocycles. The summed E-state index contributed by atoms with van der Waals surface area (Å²) < 4.78 is 5.40. The Bertz CT molecular complexity index is 378. The van der Waals surface area contributed by atoms with E-state index in [1.54, 1.807) is 19.0 Å². The molecule has 0 aromatic carbocycles. The quantitative estimate of drug-likeness (QED) is 0.751. The average molecular weight is 300 g/mol. The van der Waals surface area contributed by atoms with Crippen LogP contribution in [0.4, 0.5) is 4.79 Å². The Balaban J connectivity index is 2.81. The fourth-order valence-corrected chi connectivity index (χ4v) is 2.66. The van der Waals surface area contributed by atoms with E-state index in [9.17, 15) is 9.59 Å². The molecule has 2 atom stereocenters. The van der Waals surface area contributed by atoms with Crippen molar-refractivity contribution in [2.75, 3.05) is 21.2 Å². The molecule has 1 aliphatic rings. The van der Waals surface area contributed by atoms with Gasteiger partial charge in [0.25, 0.3) is 5.91 Å². The van der Waals surface area contributed by atoms with Crippen LogP contribution in [-0.2, 0) is 14.4 Å². The largest absolute Gasteiger partial charge is 0.444 e. The minimum absolute atomic E-state index is 0.0855. The first-order valence-electron chi connectivity index (χ1n) is 7.45. The number of hydroxylamine groups is 2. The first-order chi connectivity index (χ1) is 9.67. The van der Waals surface area contributed by atoms with E-state index in [0.29, 0.717) is 0 Å². The third-order valence-electron chi connectivity index (χ3n) is 3.81. The average Bonchev–Trinajstić information content (AvgIpc) is 2.43. The number of nitrogens with zero attached hydrogens (tertiary/aromatic N) is 2. The Kier molecular flexibility index (Phi) is 6.01. The lowest BCUT2D eigenvalue weighted by Gasteiger charge is -2.38. The van der Waals surface area contributed by atoms with E-state index in [2.05, 4.69) is 0 Å². The molecule has 6 nitrogen and oxygen atoms in total. The van der Waals surface area contributed by atoms with Gasteiger partial charge in [-0.2, -0.15) is 0 Å². The minimum atomic E-state index is -0.539. The summed E-state index contributed by atoms with van der Waals surface area (Å²) in [7, 11) is 4.77. The summed E-state index contributed by atoms with van der Waals surface area (Å²) in [5, 5.41) is 1.24. The number of rotatable bonds is 3. The molecular formula is C15H28N2O4. The lowest BCUT2D eigenvalue weighted by Crippen LogP contribution is -2.50. The molecule has 2 amide bonds. The highest BCUT2D eigenvalue weighted by Gasteiger charge is 2.38. The van der Waals surface area contributed by atoms with Crippen LogP contribution in [0, 0.1) is 5.92 Å². The highest BCUT2D eigenvalue weighted by Crippen LogP contribution is 2.30. The van der Waals surface area contributed by atoms with Crippen LogP contribution in [0.3, 0.4) is 0 Å². The van der Waals surface area contributed by atoms with Crippen molar-refractivity contribution in [3.05, 3.63) is 0 Å². The molecule has 0 aliphatic heterocycles. The predicted molar refractivity (Wildman–Crippen MR) is 79.5 cm³/mol. The highest BCUT2D eigenvalue weighted by atomic mass is 16.7. The molecule has 1 fully saturated rings. The van der Waals surface area contributed by atoms with Crippen LogP contribution in [-0.4, -0.2) is 54.8 Å². The van der Waals surface area contributed by atoms with Gasteiger partial charge < -0.3 is 9.64 Å². The van der Waals surface area contributed by atoms with E-state index in [-0.39, 0.29) is 24.0 Å². The van der Waals surface area contributed by atoms with Gasteiger partial charge >= 0.3 is 6.09 Å². The molecule has 0 aromatic heterocycles. The van der Waals surface area contributed by atoms with Crippen LogP contribution < -0.4 is 0 Å². The first-order valence-corrected chi connectivity index (χ1v) is 7.45. The molecule has 0 saturated heterocycles. The second-order valence-electron chi connectivity index (χ2n) is 6.57. The second kappa shape index (κ2) is 7.11. The molecule has 1 rings (SSSR count). The van der Waals surface area contributed by atoms with Gasteiger partial charge in [0.15, 0.2) is 0 Å². The van der Waals surface area contributed by atoms with Crippen LogP contribution in [0.25, 0.3) is 0 Å². The van der Waals surface area contributed by atoms with Gasteiger partial charge in [-0.15, -0.1) is 0 Å². The number of carbonyl (C=O) groups is 2. The molecule has 0 spiro atoms. The SMILES string of the molecule is CON(C)C(=O)[C@H]1CCCC[C@H]1N(C)C(=O)OC(C)(C)C. The van der Waals surface area contributed by atoms with Crippen molar-refractivity contribution in [3.8, 4) is 0 Å². The van der Waals surface area contributed by atoms with E-state index < -0.39 is 5.60 Å². The van der Waals surface area contributed by atoms with Gasteiger partial charge in [0, 0.05) is 20.1 Å². The molecule has 0 radical (unpaired) electrons.